The minimum atomic E-state index is -0.894. The molecule has 0 saturated heterocycles. The van der Waals surface area contributed by atoms with E-state index in [2.05, 4.69) is 5.32 Å². The van der Waals surface area contributed by atoms with Crippen LogP contribution < -0.4 is 5.32 Å². The van der Waals surface area contributed by atoms with Gasteiger partial charge in [0.05, 0.1) is 0 Å². The van der Waals surface area contributed by atoms with E-state index in [0.29, 0.717) is 12.8 Å². The van der Waals surface area contributed by atoms with Gasteiger partial charge < -0.3 is 10.4 Å². The first-order valence-electron chi connectivity index (χ1n) is 3.24. The number of aliphatic hydroxyl groups excluding tert-OH is 1. The van der Waals surface area contributed by atoms with Crippen molar-refractivity contribution in [1.82, 2.24) is 10.2 Å². The summed E-state index contributed by atoms with van der Waals surface area (Å²) in [4.78, 5) is 21.3. The lowest BCUT2D eigenvalue weighted by molar-refractivity contribution is -0.131. The average molecular weight is 160 g/mol. The summed E-state index contributed by atoms with van der Waals surface area (Å²) in [6.45, 7) is 3.03. The zero-order chi connectivity index (χ0) is 8.85. The van der Waals surface area contributed by atoms with Crippen molar-refractivity contribution in [3.05, 3.63) is 0 Å². The summed E-state index contributed by atoms with van der Waals surface area (Å²) in [7, 11) is 0. The second-order valence-electron chi connectivity index (χ2n) is 2.14. The quantitative estimate of drug-likeness (QED) is 0.395. The van der Waals surface area contributed by atoms with Crippen LogP contribution in [-0.2, 0) is 9.59 Å². The van der Waals surface area contributed by atoms with Crippen LogP contribution in [0.4, 0.5) is 0 Å². The first-order chi connectivity index (χ1) is 5.13. The Morgan fingerprint density at radius 3 is 2.27 bits per heavy atom. The van der Waals surface area contributed by atoms with Crippen LogP contribution in [0.15, 0.2) is 0 Å². The summed E-state index contributed by atoms with van der Waals surface area (Å²) in [5, 5.41) is 11.3. The molecule has 0 fully saturated rings. The summed E-state index contributed by atoms with van der Waals surface area (Å²) < 4.78 is 0. The molecule has 0 spiro atoms. The first kappa shape index (κ1) is 9.90. The largest absolute Gasteiger partial charge is 0.374 e. The van der Waals surface area contributed by atoms with Crippen LogP contribution in [0, 0.1) is 0 Å². The van der Waals surface area contributed by atoms with Crippen LogP contribution in [0.5, 0.6) is 0 Å². The van der Waals surface area contributed by atoms with E-state index in [1.165, 1.54) is 6.92 Å². The first-order valence-corrected chi connectivity index (χ1v) is 3.24. The van der Waals surface area contributed by atoms with Gasteiger partial charge in [-0.05, 0) is 13.8 Å². The highest BCUT2D eigenvalue weighted by Gasteiger charge is 2.14. The number of nitrogens with zero attached hydrogens (tertiary/aromatic N) is 1. The molecule has 0 aromatic carbocycles. The number of amides is 2. The summed E-state index contributed by atoms with van der Waals surface area (Å²) in [5.74, 6) is 0. The van der Waals surface area contributed by atoms with Crippen LogP contribution in [0.2, 0.25) is 0 Å². The van der Waals surface area contributed by atoms with Gasteiger partial charge in [0.2, 0.25) is 12.8 Å². The Morgan fingerprint density at radius 1 is 1.45 bits per heavy atom. The standard InChI is InChI=1S/C6H12N2O3/c1-5(7-3-9)8(4-10)6(2)11/h3-6,11H,1-2H3,(H,7,9). The number of aliphatic hydroxyl groups is 1. The fourth-order valence-corrected chi connectivity index (χ4v) is 0.688. The smallest absolute Gasteiger partial charge is 0.213 e. The molecule has 0 saturated carbocycles. The number of carbonyl (C=O) groups is 2. The van der Waals surface area contributed by atoms with Gasteiger partial charge in [-0.25, -0.2) is 0 Å². The molecule has 64 valence electrons. The van der Waals surface area contributed by atoms with Crippen molar-refractivity contribution in [2.75, 3.05) is 0 Å². The van der Waals surface area contributed by atoms with Gasteiger partial charge in [0.25, 0.3) is 0 Å². The Bertz CT molecular complexity index is 138. The lowest BCUT2D eigenvalue weighted by Gasteiger charge is -2.26. The van der Waals surface area contributed by atoms with E-state index in [1.807, 2.05) is 0 Å². The van der Waals surface area contributed by atoms with E-state index < -0.39 is 12.4 Å². The van der Waals surface area contributed by atoms with Crippen LogP contribution in [0.3, 0.4) is 0 Å². The number of hydrogen-bond acceptors (Lipinski definition) is 3. The fraction of sp³-hybridized carbons (Fsp3) is 0.667. The summed E-state index contributed by atoms with van der Waals surface area (Å²) in [6, 6.07) is 0. The highest BCUT2D eigenvalue weighted by atomic mass is 16.3. The Labute approximate surface area is 65.0 Å². The normalized spacial score (nSPS) is 14.8. The molecule has 0 radical (unpaired) electrons. The maximum atomic E-state index is 10.3. The van der Waals surface area contributed by atoms with Gasteiger partial charge in [0.1, 0.15) is 12.4 Å². The van der Waals surface area contributed by atoms with E-state index in [9.17, 15) is 9.59 Å². The van der Waals surface area contributed by atoms with Crippen molar-refractivity contribution in [2.45, 2.75) is 26.2 Å². The predicted octanol–water partition coefficient (Wildman–Crippen LogP) is -1.12. The van der Waals surface area contributed by atoms with Crippen LogP contribution >= 0.6 is 0 Å². The summed E-state index contributed by atoms with van der Waals surface area (Å²) >= 11 is 0. The number of nitrogens with one attached hydrogen (secondary N) is 1. The van der Waals surface area contributed by atoms with Gasteiger partial charge in [-0.15, -0.1) is 0 Å². The fourth-order valence-electron chi connectivity index (χ4n) is 0.688. The van der Waals surface area contributed by atoms with Gasteiger partial charge >= 0.3 is 0 Å². The minimum absolute atomic E-state index is 0.476. The van der Waals surface area contributed by atoms with Crippen molar-refractivity contribution >= 4 is 12.8 Å². The lowest BCUT2D eigenvalue weighted by atomic mass is 10.4. The zero-order valence-corrected chi connectivity index (χ0v) is 6.52. The highest BCUT2D eigenvalue weighted by Crippen LogP contribution is 1.95. The van der Waals surface area contributed by atoms with Crippen LogP contribution in [0.25, 0.3) is 0 Å². The third-order valence-electron chi connectivity index (χ3n) is 1.31. The molecule has 0 rings (SSSR count). The number of rotatable bonds is 5. The molecule has 0 aliphatic heterocycles. The molecule has 11 heavy (non-hydrogen) atoms. The van der Waals surface area contributed by atoms with E-state index in [1.54, 1.807) is 6.92 Å². The molecule has 2 atom stereocenters. The van der Waals surface area contributed by atoms with Gasteiger partial charge in [0, 0.05) is 0 Å². The monoisotopic (exact) mass is 160 g/mol. The zero-order valence-electron chi connectivity index (χ0n) is 6.52. The molecule has 0 aromatic rings. The number of carbonyl (C=O) groups excluding carboxylic acids is 2. The van der Waals surface area contributed by atoms with Gasteiger partial charge in [-0.1, -0.05) is 0 Å². The van der Waals surface area contributed by atoms with E-state index in [0.717, 1.165) is 4.90 Å². The van der Waals surface area contributed by atoms with Gasteiger partial charge in [-0.3, -0.25) is 14.5 Å². The molecule has 5 heteroatoms. The maximum absolute atomic E-state index is 10.3. The van der Waals surface area contributed by atoms with E-state index >= 15 is 0 Å². The van der Waals surface area contributed by atoms with Crippen LogP contribution in [0.1, 0.15) is 13.8 Å². The number of hydrogen-bond donors (Lipinski definition) is 2. The molecule has 0 aromatic heterocycles. The molecule has 0 aliphatic carbocycles. The highest BCUT2D eigenvalue weighted by molar-refractivity contribution is 5.51. The Balaban J connectivity index is 4.01. The molecule has 0 aliphatic rings. The molecule has 0 heterocycles. The van der Waals surface area contributed by atoms with Crippen molar-refractivity contribution in [1.29, 1.82) is 0 Å². The molecular weight excluding hydrogens is 148 g/mol. The molecule has 0 bridgehead atoms. The van der Waals surface area contributed by atoms with E-state index in [-0.39, 0.29) is 0 Å². The summed E-state index contributed by atoms with van der Waals surface area (Å²) in [6.07, 6.45) is -0.421. The topological polar surface area (TPSA) is 69.6 Å². The lowest BCUT2D eigenvalue weighted by Crippen LogP contribution is -2.46. The molecule has 2 N–H and O–H groups in total. The third-order valence-corrected chi connectivity index (χ3v) is 1.31. The van der Waals surface area contributed by atoms with Gasteiger partial charge in [-0.2, -0.15) is 0 Å². The van der Waals surface area contributed by atoms with Crippen molar-refractivity contribution in [3.8, 4) is 0 Å². The van der Waals surface area contributed by atoms with Crippen molar-refractivity contribution < 1.29 is 14.7 Å². The van der Waals surface area contributed by atoms with Crippen molar-refractivity contribution in [2.24, 2.45) is 0 Å². The SMILES string of the molecule is CC(O)N(C=O)C(C)NC=O. The van der Waals surface area contributed by atoms with Crippen LogP contribution in [-0.4, -0.2) is 35.2 Å². The second kappa shape index (κ2) is 4.68. The maximum Gasteiger partial charge on any atom is 0.213 e. The van der Waals surface area contributed by atoms with Gasteiger partial charge in [0.15, 0.2) is 0 Å². The molecule has 2 unspecified atom stereocenters. The Morgan fingerprint density at radius 2 is 2.00 bits per heavy atom. The van der Waals surface area contributed by atoms with E-state index in [4.69, 9.17) is 5.11 Å². The Hall–Kier alpha value is -1.10. The average Bonchev–Trinajstić information content (AvgIpc) is 1.88. The molecular formula is C6H12N2O3. The third kappa shape index (κ3) is 2.99. The second-order valence-corrected chi connectivity index (χ2v) is 2.14. The molecule has 5 nitrogen and oxygen atoms in total. The van der Waals surface area contributed by atoms with Crippen molar-refractivity contribution in [3.63, 3.8) is 0 Å². The summed E-state index contributed by atoms with van der Waals surface area (Å²) in [5.41, 5.74) is 0. The minimum Gasteiger partial charge on any atom is -0.374 e. The molecule has 2 amide bonds. The predicted molar refractivity (Wildman–Crippen MR) is 38.2 cm³/mol. The Kier molecular flexibility index (Phi) is 4.21.